The van der Waals surface area contributed by atoms with Crippen LogP contribution in [0.2, 0.25) is 0 Å². The average Bonchev–Trinajstić information content (AvgIpc) is 3.59. The third-order valence-corrected chi connectivity index (χ3v) is 6.65. The minimum Gasteiger partial charge on any atom is -0.402 e. The minimum atomic E-state index is 0.522. The highest BCUT2D eigenvalue weighted by Crippen LogP contribution is 2.42. The number of thiophene rings is 1. The summed E-state index contributed by atoms with van der Waals surface area (Å²) in [5.74, 6) is 1.25. The molecule has 0 N–H and O–H groups in total. The van der Waals surface area contributed by atoms with Gasteiger partial charge in [0.25, 0.3) is 5.89 Å². The van der Waals surface area contributed by atoms with Gasteiger partial charge in [0.2, 0.25) is 0 Å². The maximum atomic E-state index is 6.13. The number of nitrogens with zero attached hydrogens (tertiary/aromatic N) is 6. The second-order valence-corrected chi connectivity index (χ2v) is 8.63. The van der Waals surface area contributed by atoms with E-state index in [0.717, 1.165) is 63.8 Å². The molecule has 1 aliphatic heterocycles. The van der Waals surface area contributed by atoms with Gasteiger partial charge in [-0.05, 0) is 31.9 Å². The lowest BCUT2D eigenvalue weighted by Gasteiger charge is -2.09. The minimum absolute atomic E-state index is 0.522. The van der Waals surface area contributed by atoms with Gasteiger partial charge in [-0.1, -0.05) is 35.4 Å². The third-order valence-electron chi connectivity index (χ3n) is 5.59. The fourth-order valence-corrected chi connectivity index (χ4v) is 5.23. The van der Waals surface area contributed by atoms with Gasteiger partial charge in [0.1, 0.15) is 9.71 Å². The van der Waals surface area contributed by atoms with Crippen LogP contribution in [0.3, 0.4) is 0 Å². The molecule has 8 heteroatoms. The lowest BCUT2D eigenvalue weighted by molar-refractivity contribution is 0.558. The van der Waals surface area contributed by atoms with Crippen molar-refractivity contribution < 1.29 is 4.42 Å². The molecule has 0 unspecified atom stereocenters. The molecule has 0 spiro atoms. The summed E-state index contributed by atoms with van der Waals surface area (Å²) in [6.45, 7) is 3.95. The molecule has 1 aliphatic rings. The van der Waals surface area contributed by atoms with Crippen LogP contribution in [0.1, 0.15) is 18.5 Å². The van der Waals surface area contributed by atoms with Gasteiger partial charge in [-0.3, -0.25) is 0 Å². The van der Waals surface area contributed by atoms with Crippen LogP contribution in [-0.2, 0) is 0 Å². The Bertz CT molecular complexity index is 1350. The molecular formula is C23H20N6OS. The topological polar surface area (TPSA) is 72.9 Å². The Morgan fingerprint density at radius 3 is 2.48 bits per heavy atom. The lowest BCUT2D eigenvalue weighted by atomic mass is 10.2. The number of fused-ring (bicyclic) bond motifs is 1. The van der Waals surface area contributed by atoms with E-state index in [1.165, 1.54) is 0 Å². The molecule has 0 amide bonds. The molecule has 6 rings (SSSR count). The van der Waals surface area contributed by atoms with Crippen molar-refractivity contribution in [2.75, 3.05) is 18.0 Å². The van der Waals surface area contributed by atoms with Gasteiger partial charge in [-0.25, -0.2) is 9.97 Å². The fourth-order valence-electron chi connectivity index (χ4n) is 4.09. The van der Waals surface area contributed by atoms with Crippen LogP contribution in [0.4, 0.5) is 6.01 Å². The Morgan fingerprint density at radius 1 is 0.935 bits per heavy atom. The first-order valence-electron chi connectivity index (χ1n) is 10.4. The van der Waals surface area contributed by atoms with Gasteiger partial charge < -0.3 is 13.9 Å². The van der Waals surface area contributed by atoms with Crippen LogP contribution < -0.4 is 4.90 Å². The molecule has 0 atom stereocenters. The Hall–Kier alpha value is -3.52. The van der Waals surface area contributed by atoms with Crippen molar-refractivity contribution in [2.24, 2.45) is 0 Å². The smallest absolute Gasteiger partial charge is 0.318 e. The molecule has 5 heterocycles. The summed E-state index contributed by atoms with van der Waals surface area (Å²) in [6.07, 6.45) is 6.36. The molecular weight excluding hydrogens is 408 g/mol. The number of rotatable bonds is 4. The van der Waals surface area contributed by atoms with Crippen LogP contribution in [0.25, 0.3) is 38.1 Å². The first kappa shape index (κ1) is 18.3. The van der Waals surface area contributed by atoms with Gasteiger partial charge >= 0.3 is 6.01 Å². The van der Waals surface area contributed by atoms with E-state index in [2.05, 4.69) is 19.7 Å². The molecule has 31 heavy (non-hydrogen) atoms. The van der Waals surface area contributed by atoms with Crippen molar-refractivity contribution in [3.05, 3.63) is 60.6 Å². The Labute approximate surface area is 183 Å². The zero-order chi connectivity index (χ0) is 20.8. The maximum absolute atomic E-state index is 6.13. The van der Waals surface area contributed by atoms with E-state index < -0.39 is 0 Å². The summed E-state index contributed by atoms with van der Waals surface area (Å²) in [5, 5.41) is 9.73. The van der Waals surface area contributed by atoms with Crippen LogP contribution in [0.15, 0.2) is 59.3 Å². The van der Waals surface area contributed by atoms with E-state index in [4.69, 9.17) is 14.4 Å². The summed E-state index contributed by atoms with van der Waals surface area (Å²) in [6, 6.07) is 14.7. The van der Waals surface area contributed by atoms with Crippen LogP contribution in [-0.4, -0.2) is 37.8 Å². The standard InChI is InChI=1S/C23H20N6OS/c1-15-17-18(28-11-5-6-12-28)19(21-26-27-23(30-21)29-13-7-8-14-29)31-22(17)25-20(24-15)16-9-3-2-4-10-16/h2-6,9-12H,7-8,13-14H2,1H3. The number of hydrogen-bond acceptors (Lipinski definition) is 7. The number of benzene rings is 1. The molecule has 7 nitrogen and oxygen atoms in total. The zero-order valence-electron chi connectivity index (χ0n) is 17.0. The number of hydrogen-bond donors (Lipinski definition) is 0. The lowest BCUT2D eigenvalue weighted by Crippen LogP contribution is -2.17. The molecule has 1 aromatic carbocycles. The average molecular weight is 429 g/mol. The van der Waals surface area contributed by atoms with Gasteiger partial charge in [0, 0.05) is 31.0 Å². The van der Waals surface area contributed by atoms with Crippen LogP contribution >= 0.6 is 11.3 Å². The normalized spacial score (nSPS) is 14.0. The second kappa shape index (κ2) is 7.31. The second-order valence-electron chi connectivity index (χ2n) is 7.63. The zero-order valence-corrected chi connectivity index (χ0v) is 17.8. The summed E-state index contributed by atoms with van der Waals surface area (Å²) < 4.78 is 8.21. The van der Waals surface area contributed by atoms with E-state index in [9.17, 15) is 0 Å². The Morgan fingerprint density at radius 2 is 1.71 bits per heavy atom. The molecule has 0 bridgehead atoms. The van der Waals surface area contributed by atoms with E-state index in [0.29, 0.717) is 11.9 Å². The largest absolute Gasteiger partial charge is 0.402 e. The molecule has 0 saturated carbocycles. The predicted molar refractivity (Wildman–Crippen MR) is 122 cm³/mol. The van der Waals surface area contributed by atoms with Crippen LogP contribution in [0, 0.1) is 6.92 Å². The van der Waals surface area contributed by atoms with E-state index >= 15 is 0 Å². The van der Waals surface area contributed by atoms with Crippen molar-refractivity contribution in [3.63, 3.8) is 0 Å². The quantitative estimate of drug-likeness (QED) is 0.396. The highest BCUT2D eigenvalue weighted by atomic mass is 32.1. The van der Waals surface area contributed by atoms with Gasteiger partial charge in [-0.15, -0.1) is 16.4 Å². The highest BCUT2D eigenvalue weighted by Gasteiger charge is 2.25. The van der Waals surface area contributed by atoms with Gasteiger partial charge in [0.05, 0.1) is 16.8 Å². The van der Waals surface area contributed by atoms with Gasteiger partial charge in [-0.2, -0.15) is 0 Å². The summed E-state index contributed by atoms with van der Waals surface area (Å²) >= 11 is 1.57. The predicted octanol–water partition coefficient (Wildman–Crippen LogP) is 5.11. The number of anilines is 1. The molecule has 0 radical (unpaired) electrons. The van der Waals surface area contributed by atoms with Crippen molar-refractivity contribution >= 4 is 27.6 Å². The third kappa shape index (κ3) is 3.11. The first-order valence-corrected chi connectivity index (χ1v) is 11.2. The van der Waals surface area contributed by atoms with E-state index in [-0.39, 0.29) is 0 Å². The Kier molecular flexibility index (Phi) is 4.31. The molecule has 5 aromatic rings. The van der Waals surface area contributed by atoms with Crippen molar-refractivity contribution in [3.8, 4) is 27.8 Å². The van der Waals surface area contributed by atoms with Crippen LogP contribution in [0.5, 0.6) is 0 Å². The number of aryl methyl sites for hydroxylation is 1. The van der Waals surface area contributed by atoms with Crippen molar-refractivity contribution in [2.45, 2.75) is 19.8 Å². The number of aromatic nitrogens is 5. The highest BCUT2D eigenvalue weighted by molar-refractivity contribution is 7.22. The summed E-state index contributed by atoms with van der Waals surface area (Å²) in [5.41, 5.74) is 2.91. The monoisotopic (exact) mass is 428 g/mol. The van der Waals surface area contributed by atoms with Crippen molar-refractivity contribution in [1.29, 1.82) is 0 Å². The Balaban J connectivity index is 1.55. The van der Waals surface area contributed by atoms with Gasteiger partial charge in [0.15, 0.2) is 5.82 Å². The SMILES string of the molecule is Cc1nc(-c2ccccc2)nc2sc(-c3nnc(N4CCCC4)o3)c(-n3cccc3)c12. The molecule has 1 fully saturated rings. The first-order chi connectivity index (χ1) is 15.3. The maximum Gasteiger partial charge on any atom is 0.318 e. The molecule has 154 valence electrons. The molecule has 0 aliphatic carbocycles. The summed E-state index contributed by atoms with van der Waals surface area (Å²) in [7, 11) is 0. The van der Waals surface area contributed by atoms with E-state index in [1.807, 2.05) is 61.8 Å². The molecule has 4 aromatic heterocycles. The van der Waals surface area contributed by atoms with E-state index in [1.54, 1.807) is 11.3 Å². The summed E-state index contributed by atoms with van der Waals surface area (Å²) in [4.78, 5) is 13.7. The van der Waals surface area contributed by atoms with Crippen molar-refractivity contribution in [1.82, 2.24) is 24.7 Å². The molecule has 1 saturated heterocycles. The fraction of sp³-hybridized carbons (Fsp3) is 0.217.